The number of benzene rings is 1. The number of hydrogen-bond donors (Lipinski definition) is 1. The zero-order chi connectivity index (χ0) is 21.0. The van der Waals surface area contributed by atoms with Crippen LogP contribution in [0.25, 0.3) is 0 Å². The minimum Gasteiger partial charge on any atom is -0.377 e. The van der Waals surface area contributed by atoms with Gasteiger partial charge < -0.3 is 14.5 Å². The van der Waals surface area contributed by atoms with Crippen molar-refractivity contribution in [1.29, 1.82) is 0 Å². The first-order chi connectivity index (χ1) is 13.8. The van der Waals surface area contributed by atoms with Crippen LogP contribution < -0.4 is 4.72 Å². The largest absolute Gasteiger partial charge is 0.377 e. The van der Waals surface area contributed by atoms with E-state index in [1.807, 2.05) is 13.8 Å². The van der Waals surface area contributed by atoms with E-state index in [-0.39, 0.29) is 35.3 Å². The fourth-order valence-electron chi connectivity index (χ4n) is 3.57. The van der Waals surface area contributed by atoms with Gasteiger partial charge in [0.2, 0.25) is 15.9 Å². The van der Waals surface area contributed by atoms with Gasteiger partial charge in [0.1, 0.15) is 0 Å². The van der Waals surface area contributed by atoms with Gasteiger partial charge in [-0.05, 0) is 31.0 Å². The van der Waals surface area contributed by atoms with Gasteiger partial charge in [-0.2, -0.15) is 0 Å². The summed E-state index contributed by atoms with van der Waals surface area (Å²) in [6, 6.07) is 6.08. The van der Waals surface area contributed by atoms with Gasteiger partial charge in [0, 0.05) is 50.8 Å². The normalized spacial score (nSPS) is 20.3. The van der Waals surface area contributed by atoms with Gasteiger partial charge in [0.15, 0.2) is 0 Å². The fourth-order valence-corrected chi connectivity index (χ4v) is 4.68. The Labute approximate surface area is 172 Å². The Morgan fingerprint density at radius 3 is 2.48 bits per heavy atom. The second-order valence-electron chi connectivity index (χ2n) is 7.79. The highest BCUT2D eigenvalue weighted by atomic mass is 32.2. The van der Waals surface area contributed by atoms with E-state index in [2.05, 4.69) is 4.72 Å². The average molecular weight is 424 g/mol. The van der Waals surface area contributed by atoms with Crippen molar-refractivity contribution < 1.29 is 22.7 Å². The first kappa shape index (κ1) is 21.7. The third kappa shape index (κ3) is 5.34. The van der Waals surface area contributed by atoms with Crippen molar-refractivity contribution in [2.75, 3.05) is 39.3 Å². The van der Waals surface area contributed by atoms with Crippen LogP contribution in [0.3, 0.4) is 0 Å². The number of hydrogen-bond acceptors (Lipinski definition) is 5. The van der Waals surface area contributed by atoms with Crippen LogP contribution in [0, 0.1) is 5.92 Å². The summed E-state index contributed by atoms with van der Waals surface area (Å²) in [5.41, 5.74) is 0.327. The maximum absolute atomic E-state index is 12.8. The van der Waals surface area contributed by atoms with Crippen molar-refractivity contribution in [3.05, 3.63) is 29.8 Å². The van der Waals surface area contributed by atoms with Crippen molar-refractivity contribution in [3.63, 3.8) is 0 Å². The van der Waals surface area contributed by atoms with Gasteiger partial charge in [-0.25, -0.2) is 13.1 Å². The van der Waals surface area contributed by atoms with Crippen LogP contribution in [0.15, 0.2) is 29.2 Å². The van der Waals surface area contributed by atoms with E-state index in [1.54, 1.807) is 21.9 Å². The summed E-state index contributed by atoms with van der Waals surface area (Å²) in [7, 11) is -3.72. The van der Waals surface area contributed by atoms with Gasteiger partial charge in [0.05, 0.1) is 11.0 Å². The lowest BCUT2D eigenvalue weighted by Crippen LogP contribution is -2.51. The summed E-state index contributed by atoms with van der Waals surface area (Å²) in [5, 5.41) is 0. The molecule has 1 N–H and O–H groups in total. The van der Waals surface area contributed by atoms with Crippen LogP contribution in [0.4, 0.5) is 0 Å². The number of piperazine rings is 1. The molecule has 8 nitrogen and oxygen atoms in total. The third-order valence-corrected chi connectivity index (χ3v) is 6.71. The Morgan fingerprint density at radius 2 is 1.86 bits per heavy atom. The average Bonchev–Trinajstić information content (AvgIpc) is 3.25. The molecule has 0 radical (unpaired) electrons. The van der Waals surface area contributed by atoms with Gasteiger partial charge in [-0.1, -0.05) is 19.9 Å². The van der Waals surface area contributed by atoms with Crippen LogP contribution in [0.2, 0.25) is 0 Å². The lowest BCUT2D eigenvalue weighted by atomic mass is 10.1. The SMILES string of the molecule is CC(C)C(=O)N1CCN(C(=O)c2cccc(S(=O)(=O)NCC3CCCO3)c2)CC1. The van der Waals surface area contributed by atoms with E-state index in [0.29, 0.717) is 38.3 Å². The molecular weight excluding hydrogens is 394 g/mol. The van der Waals surface area contributed by atoms with E-state index in [0.717, 1.165) is 12.8 Å². The second-order valence-corrected chi connectivity index (χ2v) is 9.55. The molecule has 1 atom stereocenters. The standard InChI is InChI=1S/C20H29N3O5S/c1-15(2)19(24)22-8-10-23(11-9-22)20(25)16-5-3-7-18(13-16)29(26,27)21-14-17-6-4-12-28-17/h3,5,7,13,15,17,21H,4,6,8-12,14H2,1-2H3. The molecule has 160 valence electrons. The molecule has 2 amide bonds. The number of carbonyl (C=O) groups is 2. The highest BCUT2D eigenvalue weighted by Gasteiger charge is 2.27. The van der Waals surface area contributed by atoms with E-state index in [9.17, 15) is 18.0 Å². The molecule has 0 bridgehead atoms. The minimum absolute atomic E-state index is 0.0648. The molecule has 1 unspecified atom stereocenters. The Bertz CT molecular complexity index is 841. The number of ether oxygens (including phenoxy) is 1. The molecule has 0 spiro atoms. The number of sulfonamides is 1. The molecule has 2 saturated heterocycles. The molecule has 1 aromatic carbocycles. The lowest BCUT2D eigenvalue weighted by molar-refractivity contribution is -0.135. The molecule has 1 aromatic rings. The predicted octanol–water partition coefficient (Wildman–Crippen LogP) is 1.08. The first-order valence-corrected chi connectivity index (χ1v) is 11.6. The number of amides is 2. The molecule has 0 aliphatic carbocycles. The highest BCUT2D eigenvalue weighted by molar-refractivity contribution is 7.89. The van der Waals surface area contributed by atoms with E-state index >= 15 is 0 Å². The minimum atomic E-state index is -3.72. The van der Waals surface area contributed by atoms with E-state index in [4.69, 9.17) is 4.74 Å². The zero-order valence-electron chi connectivity index (χ0n) is 17.0. The molecular formula is C20H29N3O5S. The smallest absolute Gasteiger partial charge is 0.254 e. The number of nitrogens with one attached hydrogen (secondary N) is 1. The second kappa shape index (κ2) is 9.23. The fraction of sp³-hybridized carbons (Fsp3) is 0.600. The van der Waals surface area contributed by atoms with Gasteiger partial charge in [-0.15, -0.1) is 0 Å². The zero-order valence-corrected chi connectivity index (χ0v) is 17.8. The number of nitrogens with zero attached hydrogens (tertiary/aromatic N) is 2. The molecule has 9 heteroatoms. The Morgan fingerprint density at radius 1 is 1.17 bits per heavy atom. The van der Waals surface area contributed by atoms with E-state index < -0.39 is 10.0 Å². The molecule has 3 rings (SSSR count). The summed E-state index contributed by atoms with van der Waals surface area (Å²) < 4.78 is 33.2. The van der Waals surface area contributed by atoms with Crippen LogP contribution in [0.5, 0.6) is 0 Å². The van der Waals surface area contributed by atoms with Gasteiger partial charge in [-0.3, -0.25) is 9.59 Å². The Hall–Kier alpha value is -1.97. The lowest BCUT2D eigenvalue weighted by Gasteiger charge is -2.35. The molecule has 0 aromatic heterocycles. The molecule has 2 fully saturated rings. The first-order valence-electron chi connectivity index (χ1n) is 10.1. The van der Waals surface area contributed by atoms with E-state index in [1.165, 1.54) is 12.1 Å². The molecule has 29 heavy (non-hydrogen) atoms. The summed E-state index contributed by atoms with van der Waals surface area (Å²) in [6.45, 7) is 6.46. The van der Waals surface area contributed by atoms with Crippen LogP contribution in [-0.2, 0) is 19.6 Å². The molecule has 2 heterocycles. The van der Waals surface area contributed by atoms with Crippen molar-refractivity contribution >= 4 is 21.8 Å². The van der Waals surface area contributed by atoms with Crippen molar-refractivity contribution in [1.82, 2.24) is 14.5 Å². The Kier molecular flexibility index (Phi) is 6.92. The third-order valence-electron chi connectivity index (χ3n) is 5.29. The molecule has 0 saturated carbocycles. The number of carbonyl (C=O) groups excluding carboxylic acids is 2. The van der Waals surface area contributed by atoms with Crippen LogP contribution >= 0.6 is 0 Å². The quantitative estimate of drug-likeness (QED) is 0.739. The van der Waals surface area contributed by atoms with Crippen molar-refractivity contribution in [3.8, 4) is 0 Å². The maximum atomic E-state index is 12.8. The van der Waals surface area contributed by atoms with Gasteiger partial charge >= 0.3 is 0 Å². The monoisotopic (exact) mass is 423 g/mol. The predicted molar refractivity (Wildman–Crippen MR) is 108 cm³/mol. The molecule has 2 aliphatic heterocycles. The summed E-state index contributed by atoms with van der Waals surface area (Å²) in [6.07, 6.45) is 1.68. The summed E-state index contributed by atoms with van der Waals surface area (Å²) in [4.78, 5) is 28.4. The summed E-state index contributed by atoms with van der Waals surface area (Å²) >= 11 is 0. The summed E-state index contributed by atoms with van der Waals surface area (Å²) in [5.74, 6) is -0.207. The Balaban J connectivity index is 1.63. The highest BCUT2D eigenvalue weighted by Crippen LogP contribution is 2.17. The molecule has 2 aliphatic rings. The van der Waals surface area contributed by atoms with Crippen molar-refractivity contribution in [2.24, 2.45) is 5.92 Å². The maximum Gasteiger partial charge on any atom is 0.254 e. The van der Waals surface area contributed by atoms with Crippen LogP contribution in [0.1, 0.15) is 37.0 Å². The number of rotatable bonds is 6. The van der Waals surface area contributed by atoms with Crippen LogP contribution in [-0.4, -0.2) is 75.5 Å². The van der Waals surface area contributed by atoms with Gasteiger partial charge in [0.25, 0.3) is 5.91 Å². The topological polar surface area (TPSA) is 96.0 Å². The van der Waals surface area contributed by atoms with Crippen molar-refractivity contribution in [2.45, 2.75) is 37.7 Å².